The summed E-state index contributed by atoms with van der Waals surface area (Å²) >= 11 is 0. The van der Waals surface area contributed by atoms with Crippen LogP contribution in [0, 0.1) is 0 Å². The maximum atomic E-state index is 6.25. The number of nitrogens with two attached hydrogens (primary N) is 1. The van der Waals surface area contributed by atoms with Crippen LogP contribution < -0.4 is 15.5 Å². The summed E-state index contributed by atoms with van der Waals surface area (Å²) in [7, 11) is 0. The molecular weight excluding hydrogens is 222 g/mol. The Morgan fingerprint density at radius 2 is 1.39 bits per heavy atom. The molecule has 2 N–H and O–H groups in total. The summed E-state index contributed by atoms with van der Waals surface area (Å²) in [4.78, 5) is 4.88. The molecule has 18 heavy (non-hydrogen) atoms. The van der Waals surface area contributed by atoms with E-state index in [0.29, 0.717) is 0 Å². The van der Waals surface area contributed by atoms with Crippen LogP contribution in [0.4, 0.5) is 17.1 Å². The molecule has 0 unspecified atom stereocenters. The molecule has 2 saturated heterocycles. The van der Waals surface area contributed by atoms with Crippen molar-refractivity contribution in [2.45, 2.75) is 32.1 Å². The third-order valence-corrected chi connectivity index (χ3v) is 4.18. The molecule has 0 bridgehead atoms. The predicted molar refractivity (Wildman–Crippen MR) is 78.4 cm³/mol. The lowest BCUT2D eigenvalue weighted by molar-refractivity contribution is 0.578. The Hall–Kier alpha value is -1.38. The van der Waals surface area contributed by atoms with Gasteiger partial charge in [0.25, 0.3) is 0 Å². The van der Waals surface area contributed by atoms with Crippen molar-refractivity contribution in [1.29, 1.82) is 0 Å². The Morgan fingerprint density at radius 3 is 2.06 bits per heavy atom. The first-order valence-electron chi connectivity index (χ1n) is 7.24. The fourth-order valence-electron chi connectivity index (χ4n) is 3.14. The molecule has 2 fully saturated rings. The van der Waals surface area contributed by atoms with E-state index < -0.39 is 0 Å². The average molecular weight is 245 g/mol. The standard InChI is InChI=1S/C15H23N3/c16-14-12-13(17-8-4-5-9-17)6-7-15(14)18-10-2-1-3-11-18/h6-7,12H,1-5,8-11,16H2. The van der Waals surface area contributed by atoms with Gasteiger partial charge >= 0.3 is 0 Å². The zero-order valence-electron chi connectivity index (χ0n) is 11.1. The van der Waals surface area contributed by atoms with Gasteiger partial charge in [-0.25, -0.2) is 0 Å². The molecule has 2 aliphatic heterocycles. The smallest absolute Gasteiger partial charge is 0.0601 e. The van der Waals surface area contributed by atoms with Gasteiger partial charge in [0.2, 0.25) is 0 Å². The summed E-state index contributed by atoms with van der Waals surface area (Å²) in [5.41, 5.74) is 9.73. The Morgan fingerprint density at radius 1 is 0.778 bits per heavy atom. The lowest BCUT2D eigenvalue weighted by Gasteiger charge is -2.30. The normalized spacial score (nSPS) is 20.4. The molecule has 2 aliphatic rings. The molecule has 0 aliphatic carbocycles. The largest absolute Gasteiger partial charge is 0.397 e. The number of piperidine rings is 1. The number of anilines is 3. The first kappa shape index (κ1) is 11.7. The van der Waals surface area contributed by atoms with Gasteiger partial charge in [0, 0.05) is 31.9 Å². The van der Waals surface area contributed by atoms with Gasteiger partial charge < -0.3 is 15.5 Å². The van der Waals surface area contributed by atoms with Crippen molar-refractivity contribution in [1.82, 2.24) is 0 Å². The number of benzene rings is 1. The highest BCUT2D eigenvalue weighted by Crippen LogP contribution is 2.31. The van der Waals surface area contributed by atoms with Crippen LogP contribution in [0.1, 0.15) is 32.1 Å². The van der Waals surface area contributed by atoms with E-state index in [1.165, 1.54) is 56.6 Å². The van der Waals surface area contributed by atoms with E-state index in [1.54, 1.807) is 0 Å². The molecule has 0 saturated carbocycles. The van der Waals surface area contributed by atoms with Crippen molar-refractivity contribution in [3.05, 3.63) is 18.2 Å². The minimum atomic E-state index is 0.946. The van der Waals surface area contributed by atoms with E-state index in [2.05, 4.69) is 28.0 Å². The van der Waals surface area contributed by atoms with Crippen LogP contribution >= 0.6 is 0 Å². The molecule has 0 aromatic heterocycles. The maximum absolute atomic E-state index is 6.25. The number of hydrogen-bond acceptors (Lipinski definition) is 3. The lowest BCUT2D eigenvalue weighted by atomic mass is 10.1. The topological polar surface area (TPSA) is 32.5 Å². The Labute approximate surface area is 110 Å². The van der Waals surface area contributed by atoms with Gasteiger partial charge in [-0.05, 0) is 50.3 Å². The summed E-state index contributed by atoms with van der Waals surface area (Å²) in [6.45, 7) is 4.69. The zero-order chi connectivity index (χ0) is 12.4. The molecule has 1 aromatic rings. The summed E-state index contributed by atoms with van der Waals surface area (Å²) in [5, 5.41) is 0. The van der Waals surface area contributed by atoms with Crippen molar-refractivity contribution >= 4 is 17.1 Å². The molecule has 98 valence electrons. The number of rotatable bonds is 2. The van der Waals surface area contributed by atoms with Gasteiger partial charge in [-0.15, -0.1) is 0 Å². The number of hydrogen-bond donors (Lipinski definition) is 1. The van der Waals surface area contributed by atoms with E-state index in [1.807, 2.05) is 0 Å². The van der Waals surface area contributed by atoms with Gasteiger partial charge in [-0.1, -0.05) is 0 Å². The molecule has 0 amide bonds. The predicted octanol–water partition coefficient (Wildman–Crippen LogP) is 2.86. The van der Waals surface area contributed by atoms with Gasteiger partial charge in [0.05, 0.1) is 11.4 Å². The maximum Gasteiger partial charge on any atom is 0.0601 e. The van der Waals surface area contributed by atoms with Crippen LogP contribution in [0.2, 0.25) is 0 Å². The first-order valence-corrected chi connectivity index (χ1v) is 7.24. The number of nitrogens with zero attached hydrogens (tertiary/aromatic N) is 2. The minimum absolute atomic E-state index is 0.946. The third-order valence-electron chi connectivity index (χ3n) is 4.18. The van der Waals surface area contributed by atoms with Crippen molar-refractivity contribution in [3.63, 3.8) is 0 Å². The summed E-state index contributed by atoms with van der Waals surface area (Å²) in [5.74, 6) is 0. The molecule has 2 heterocycles. The second-order valence-electron chi connectivity index (χ2n) is 5.48. The third kappa shape index (κ3) is 2.26. The molecule has 0 atom stereocenters. The van der Waals surface area contributed by atoms with Gasteiger partial charge in [-0.3, -0.25) is 0 Å². The quantitative estimate of drug-likeness (QED) is 0.813. The Bertz CT molecular complexity index is 404. The van der Waals surface area contributed by atoms with Crippen LogP contribution in [0.25, 0.3) is 0 Å². The van der Waals surface area contributed by atoms with Crippen LogP contribution in [0.3, 0.4) is 0 Å². The summed E-state index contributed by atoms with van der Waals surface area (Å²) in [6, 6.07) is 6.62. The molecule has 1 aromatic carbocycles. The molecule has 3 nitrogen and oxygen atoms in total. The van der Waals surface area contributed by atoms with E-state index in [0.717, 1.165) is 18.8 Å². The average Bonchev–Trinajstić information content (AvgIpc) is 2.93. The monoisotopic (exact) mass is 245 g/mol. The van der Waals surface area contributed by atoms with E-state index in [-0.39, 0.29) is 0 Å². The van der Waals surface area contributed by atoms with Gasteiger partial charge in [0.1, 0.15) is 0 Å². The SMILES string of the molecule is Nc1cc(N2CCCC2)ccc1N1CCCCC1. The molecule has 0 radical (unpaired) electrons. The molecule has 0 spiro atoms. The molecule has 3 heteroatoms. The van der Waals surface area contributed by atoms with Crippen LogP contribution in [-0.2, 0) is 0 Å². The van der Waals surface area contributed by atoms with E-state index in [4.69, 9.17) is 5.73 Å². The Kier molecular flexibility index (Phi) is 3.31. The number of nitrogen functional groups attached to an aromatic ring is 1. The second-order valence-corrected chi connectivity index (χ2v) is 5.48. The van der Waals surface area contributed by atoms with Crippen molar-refractivity contribution < 1.29 is 0 Å². The molecular formula is C15H23N3. The highest BCUT2D eigenvalue weighted by atomic mass is 15.2. The molecule has 3 rings (SSSR count). The fourth-order valence-corrected chi connectivity index (χ4v) is 3.14. The highest BCUT2D eigenvalue weighted by molar-refractivity contribution is 5.73. The minimum Gasteiger partial charge on any atom is -0.397 e. The first-order chi connectivity index (χ1) is 8.84. The van der Waals surface area contributed by atoms with Crippen molar-refractivity contribution in [2.75, 3.05) is 41.7 Å². The zero-order valence-corrected chi connectivity index (χ0v) is 11.1. The van der Waals surface area contributed by atoms with Gasteiger partial charge in [0.15, 0.2) is 0 Å². The van der Waals surface area contributed by atoms with Gasteiger partial charge in [-0.2, -0.15) is 0 Å². The Balaban J connectivity index is 1.79. The lowest BCUT2D eigenvalue weighted by Crippen LogP contribution is -2.30. The van der Waals surface area contributed by atoms with Crippen LogP contribution in [0.5, 0.6) is 0 Å². The van der Waals surface area contributed by atoms with E-state index in [9.17, 15) is 0 Å². The van der Waals surface area contributed by atoms with Crippen LogP contribution in [-0.4, -0.2) is 26.2 Å². The van der Waals surface area contributed by atoms with Crippen LogP contribution in [0.15, 0.2) is 18.2 Å². The highest BCUT2D eigenvalue weighted by Gasteiger charge is 2.16. The fraction of sp³-hybridized carbons (Fsp3) is 0.600. The van der Waals surface area contributed by atoms with Crippen molar-refractivity contribution in [3.8, 4) is 0 Å². The van der Waals surface area contributed by atoms with Crippen molar-refractivity contribution in [2.24, 2.45) is 0 Å². The second kappa shape index (κ2) is 5.09. The van der Waals surface area contributed by atoms with E-state index >= 15 is 0 Å². The summed E-state index contributed by atoms with van der Waals surface area (Å²) < 4.78 is 0. The summed E-state index contributed by atoms with van der Waals surface area (Å²) in [6.07, 6.45) is 6.59.